The largest absolute Gasteiger partial charge is 0.306 e. The summed E-state index contributed by atoms with van der Waals surface area (Å²) in [6.45, 7) is 4.07. The fourth-order valence-electron chi connectivity index (χ4n) is 4.01. The number of anilines is 1. The summed E-state index contributed by atoms with van der Waals surface area (Å²) in [5, 5.41) is 11.9. The minimum atomic E-state index is -0.387. The Kier molecular flexibility index (Phi) is 6.72. The Morgan fingerprint density at radius 2 is 1.93 bits per heavy atom. The second-order valence-electron chi connectivity index (χ2n) is 7.63. The number of hydrazine groups is 1. The van der Waals surface area contributed by atoms with E-state index in [-0.39, 0.29) is 17.5 Å². The minimum Gasteiger partial charge on any atom is -0.306 e. The fraction of sp³-hybridized carbons (Fsp3) is 0.450. The van der Waals surface area contributed by atoms with Crippen LogP contribution in [0.4, 0.5) is 5.82 Å². The standard InChI is InChI=1S/C20H24BrClN6O2/c21-16-17(24-25-18(16)23-19(29)14-7-1-2-8-15(14)22)20(30)26-28-11-5-6-13(28)12-27-9-3-4-10-27/h1-2,7-8,13H,3-6,9-12H2,(H,26,30)(H2,23,24,25,29). The van der Waals surface area contributed by atoms with Crippen molar-refractivity contribution in [3.8, 4) is 0 Å². The maximum atomic E-state index is 12.8. The number of nitrogens with one attached hydrogen (secondary N) is 3. The number of likely N-dealkylation sites (tertiary alicyclic amines) is 1. The highest BCUT2D eigenvalue weighted by Gasteiger charge is 2.30. The molecular weight excluding hydrogens is 472 g/mol. The van der Waals surface area contributed by atoms with E-state index in [4.69, 9.17) is 11.6 Å². The Bertz CT molecular complexity index is 930. The van der Waals surface area contributed by atoms with E-state index in [2.05, 4.69) is 41.8 Å². The second kappa shape index (κ2) is 9.47. The number of aromatic nitrogens is 2. The number of aromatic amines is 1. The molecule has 1 aromatic carbocycles. The average Bonchev–Trinajstić information content (AvgIpc) is 3.46. The van der Waals surface area contributed by atoms with E-state index in [1.165, 1.54) is 12.8 Å². The van der Waals surface area contributed by atoms with Gasteiger partial charge in [0.1, 0.15) is 5.82 Å². The van der Waals surface area contributed by atoms with Gasteiger partial charge < -0.3 is 10.2 Å². The van der Waals surface area contributed by atoms with Crippen molar-refractivity contribution in [1.29, 1.82) is 0 Å². The molecule has 2 saturated heterocycles. The van der Waals surface area contributed by atoms with Crippen LogP contribution in [0, 0.1) is 0 Å². The normalized spacial score (nSPS) is 19.9. The number of nitrogens with zero attached hydrogens (tertiary/aromatic N) is 3. The van der Waals surface area contributed by atoms with Gasteiger partial charge in [-0.15, -0.1) is 0 Å². The van der Waals surface area contributed by atoms with Gasteiger partial charge in [0.25, 0.3) is 11.8 Å². The average molecular weight is 496 g/mol. The summed E-state index contributed by atoms with van der Waals surface area (Å²) in [6.07, 6.45) is 4.63. The Balaban J connectivity index is 1.39. The number of halogens is 2. The van der Waals surface area contributed by atoms with Crippen molar-refractivity contribution < 1.29 is 9.59 Å². The Morgan fingerprint density at radius 3 is 2.70 bits per heavy atom. The topological polar surface area (TPSA) is 93.4 Å². The van der Waals surface area contributed by atoms with E-state index >= 15 is 0 Å². The first-order valence-electron chi connectivity index (χ1n) is 10.1. The van der Waals surface area contributed by atoms with Gasteiger partial charge in [0.05, 0.1) is 15.1 Å². The number of carbonyl (C=O) groups excluding carboxylic acids is 2. The molecule has 0 radical (unpaired) electrons. The molecule has 160 valence electrons. The quantitative estimate of drug-likeness (QED) is 0.572. The first kappa shape index (κ1) is 21.3. The predicted octanol–water partition coefficient (Wildman–Crippen LogP) is 3.28. The Labute approximate surface area is 188 Å². The van der Waals surface area contributed by atoms with Gasteiger partial charge >= 0.3 is 0 Å². The number of rotatable bonds is 6. The van der Waals surface area contributed by atoms with E-state index < -0.39 is 0 Å². The number of hydrogen-bond donors (Lipinski definition) is 3. The van der Waals surface area contributed by atoms with Gasteiger partial charge in [-0.3, -0.25) is 20.1 Å². The third kappa shape index (κ3) is 4.69. The third-order valence-corrected chi connectivity index (χ3v) is 6.67. The van der Waals surface area contributed by atoms with Crippen LogP contribution in [0.3, 0.4) is 0 Å². The highest BCUT2D eigenvalue weighted by Crippen LogP contribution is 2.26. The number of carbonyl (C=O) groups is 2. The second-order valence-corrected chi connectivity index (χ2v) is 8.83. The molecule has 1 atom stereocenters. The lowest BCUT2D eigenvalue weighted by atomic mass is 10.2. The molecule has 30 heavy (non-hydrogen) atoms. The summed E-state index contributed by atoms with van der Waals surface area (Å²) in [5.74, 6) is -0.396. The summed E-state index contributed by atoms with van der Waals surface area (Å²) in [4.78, 5) is 27.8. The van der Waals surface area contributed by atoms with Gasteiger partial charge in [-0.1, -0.05) is 23.7 Å². The van der Waals surface area contributed by atoms with Crippen LogP contribution in [0.5, 0.6) is 0 Å². The van der Waals surface area contributed by atoms with Gasteiger partial charge in [0, 0.05) is 19.1 Å². The van der Waals surface area contributed by atoms with Crippen LogP contribution >= 0.6 is 27.5 Å². The highest BCUT2D eigenvalue weighted by atomic mass is 79.9. The zero-order valence-electron chi connectivity index (χ0n) is 16.5. The maximum absolute atomic E-state index is 12.8. The molecule has 0 saturated carbocycles. The predicted molar refractivity (Wildman–Crippen MR) is 119 cm³/mol. The van der Waals surface area contributed by atoms with E-state index in [9.17, 15) is 9.59 Å². The van der Waals surface area contributed by atoms with Crippen molar-refractivity contribution in [2.24, 2.45) is 0 Å². The van der Waals surface area contributed by atoms with Crippen LogP contribution in [0.1, 0.15) is 46.5 Å². The zero-order valence-corrected chi connectivity index (χ0v) is 18.8. The Morgan fingerprint density at radius 1 is 1.17 bits per heavy atom. The van der Waals surface area contributed by atoms with Crippen molar-refractivity contribution in [2.45, 2.75) is 31.7 Å². The molecule has 2 amide bonds. The molecule has 0 aliphatic carbocycles. The molecule has 8 nitrogen and oxygen atoms in total. The summed E-state index contributed by atoms with van der Waals surface area (Å²) >= 11 is 9.46. The lowest BCUT2D eigenvalue weighted by Crippen LogP contribution is -2.49. The van der Waals surface area contributed by atoms with Gasteiger partial charge in [-0.25, -0.2) is 5.01 Å². The number of benzene rings is 1. The molecule has 4 rings (SSSR count). The number of hydrogen-bond acceptors (Lipinski definition) is 5. The first-order valence-corrected chi connectivity index (χ1v) is 11.3. The van der Waals surface area contributed by atoms with Crippen LogP contribution < -0.4 is 10.7 Å². The molecule has 0 spiro atoms. The Hall–Kier alpha value is -1.94. The van der Waals surface area contributed by atoms with E-state index in [0.29, 0.717) is 26.9 Å². The molecule has 1 unspecified atom stereocenters. The summed E-state index contributed by atoms with van der Waals surface area (Å²) < 4.78 is 0.399. The van der Waals surface area contributed by atoms with Crippen LogP contribution in [0.25, 0.3) is 0 Å². The third-order valence-electron chi connectivity index (χ3n) is 5.57. The lowest BCUT2D eigenvalue weighted by molar-refractivity contribution is 0.0721. The lowest BCUT2D eigenvalue weighted by Gasteiger charge is -2.28. The van der Waals surface area contributed by atoms with Crippen molar-refractivity contribution >= 4 is 45.2 Å². The van der Waals surface area contributed by atoms with Crippen LogP contribution in [-0.2, 0) is 0 Å². The summed E-state index contributed by atoms with van der Waals surface area (Å²) in [5.41, 5.74) is 3.52. The van der Waals surface area contributed by atoms with Gasteiger partial charge in [-0.05, 0) is 66.8 Å². The minimum absolute atomic E-state index is 0.191. The summed E-state index contributed by atoms with van der Waals surface area (Å²) in [6, 6.07) is 7.07. The van der Waals surface area contributed by atoms with Gasteiger partial charge in [0.2, 0.25) is 0 Å². The molecule has 3 N–H and O–H groups in total. The van der Waals surface area contributed by atoms with Crippen LogP contribution in [0.15, 0.2) is 28.7 Å². The van der Waals surface area contributed by atoms with Crippen molar-refractivity contribution in [3.05, 3.63) is 45.0 Å². The molecule has 2 aliphatic rings. The van der Waals surface area contributed by atoms with Gasteiger partial charge in [-0.2, -0.15) is 5.10 Å². The molecular formula is C20H24BrClN6O2. The molecule has 2 aromatic rings. The van der Waals surface area contributed by atoms with Gasteiger partial charge in [0.15, 0.2) is 5.69 Å². The van der Waals surface area contributed by atoms with Crippen LogP contribution in [0.2, 0.25) is 5.02 Å². The van der Waals surface area contributed by atoms with Crippen LogP contribution in [-0.4, -0.2) is 64.1 Å². The monoisotopic (exact) mass is 494 g/mol. The zero-order chi connectivity index (χ0) is 21.1. The van der Waals surface area contributed by atoms with E-state index in [1.54, 1.807) is 24.3 Å². The molecule has 1 aromatic heterocycles. The SMILES string of the molecule is O=C(Nc1[nH]nc(C(=O)NN2CCCC2CN2CCCC2)c1Br)c1ccccc1Cl. The maximum Gasteiger partial charge on any atom is 0.287 e. The molecule has 0 bridgehead atoms. The first-order chi connectivity index (χ1) is 14.5. The molecule has 2 aliphatic heterocycles. The highest BCUT2D eigenvalue weighted by molar-refractivity contribution is 9.10. The number of H-pyrrole nitrogens is 1. The van der Waals surface area contributed by atoms with E-state index in [0.717, 1.165) is 39.0 Å². The summed E-state index contributed by atoms with van der Waals surface area (Å²) in [7, 11) is 0. The van der Waals surface area contributed by atoms with Crippen molar-refractivity contribution in [3.63, 3.8) is 0 Å². The molecule has 2 fully saturated rings. The fourth-order valence-corrected chi connectivity index (χ4v) is 4.69. The van der Waals surface area contributed by atoms with Crippen molar-refractivity contribution in [2.75, 3.05) is 31.5 Å². The van der Waals surface area contributed by atoms with Crippen molar-refractivity contribution in [1.82, 2.24) is 25.5 Å². The number of amides is 2. The molecule has 3 heterocycles. The van der Waals surface area contributed by atoms with E-state index in [1.807, 2.05) is 5.01 Å². The molecule has 10 heteroatoms. The smallest absolute Gasteiger partial charge is 0.287 e.